The van der Waals surface area contributed by atoms with E-state index in [0.29, 0.717) is 32.8 Å². The monoisotopic (exact) mass is 298 g/mol. The molecule has 0 aliphatic carbocycles. The highest BCUT2D eigenvalue weighted by molar-refractivity contribution is 5.81. The van der Waals surface area contributed by atoms with Crippen molar-refractivity contribution in [2.24, 2.45) is 0 Å². The minimum atomic E-state index is -4.41. The zero-order valence-electron chi connectivity index (χ0n) is 11.5. The number of ether oxygens (including phenoxy) is 2. The number of carbonyl (C=O) groups excluding carboxylic acids is 1. The first-order valence-corrected chi connectivity index (χ1v) is 6.69. The van der Waals surface area contributed by atoms with Gasteiger partial charge >= 0.3 is 6.18 Å². The summed E-state index contributed by atoms with van der Waals surface area (Å²) in [5.74, 6) is -0.619. The van der Waals surface area contributed by atoms with Gasteiger partial charge in [-0.1, -0.05) is 0 Å². The molecule has 1 aliphatic heterocycles. The Hall–Kier alpha value is -0.860. The minimum Gasteiger partial charge on any atom is -0.382 e. The SMILES string of the molecule is CCOCCCN(CC(F)(F)F)C(=O)C1CNCCO1. The van der Waals surface area contributed by atoms with Crippen LogP contribution in [0.25, 0.3) is 0 Å². The molecule has 1 rings (SSSR count). The second kappa shape index (κ2) is 8.43. The highest BCUT2D eigenvalue weighted by Gasteiger charge is 2.35. The summed E-state index contributed by atoms with van der Waals surface area (Å²) in [5.41, 5.74) is 0. The van der Waals surface area contributed by atoms with Gasteiger partial charge in [0.25, 0.3) is 5.91 Å². The molecule has 0 aromatic heterocycles. The first-order valence-electron chi connectivity index (χ1n) is 6.69. The van der Waals surface area contributed by atoms with E-state index in [1.54, 1.807) is 6.92 Å². The Balaban J connectivity index is 2.52. The van der Waals surface area contributed by atoms with Crippen LogP contribution in [0.1, 0.15) is 13.3 Å². The van der Waals surface area contributed by atoms with Gasteiger partial charge in [-0.2, -0.15) is 13.2 Å². The van der Waals surface area contributed by atoms with Crippen LogP contribution in [-0.4, -0.2) is 69.1 Å². The van der Waals surface area contributed by atoms with Crippen molar-refractivity contribution in [2.45, 2.75) is 25.6 Å². The number of hydrogen-bond acceptors (Lipinski definition) is 4. The Bertz CT molecular complexity index is 294. The summed E-state index contributed by atoms with van der Waals surface area (Å²) in [6.45, 7) is 2.59. The summed E-state index contributed by atoms with van der Waals surface area (Å²) in [5, 5.41) is 2.93. The van der Waals surface area contributed by atoms with Crippen LogP contribution in [0, 0.1) is 0 Å². The van der Waals surface area contributed by atoms with Gasteiger partial charge in [-0.3, -0.25) is 4.79 Å². The van der Waals surface area contributed by atoms with Crippen molar-refractivity contribution in [2.75, 3.05) is 46.0 Å². The molecule has 0 spiro atoms. The fourth-order valence-electron chi connectivity index (χ4n) is 1.91. The molecule has 118 valence electrons. The van der Waals surface area contributed by atoms with Crippen molar-refractivity contribution < 1.29 is 27.4 Å². The van der Waals surface area contributed by atoms with Gasteiger partial charge in [-0.15, -0.1) is 0 Å². The normalized spacial score (nSPS) is 19.9. The van der Waals surface area contributed by atoms with Crippen LogP contribution in [0.2, 0.25) is 0 Å². The number of halogens is 3. The number of carbonyl (C=O) groups is 1. The molecular formula is C12H21F3N2O3. The molecule has 5 nitrogen and oxygen atoms in total. The molecule has 1 unspecified atom stereocenters. The average Bonchev–Trinajstić information content (AvgIpc) is 2.41. The largest absolute Gasteiger partial charge is 0.406 e. The van der Waals surface area contributed by atoms with Gasteiger partial charge in [0.05, 0.1) is 6.61 Å². The van der Waals surface area contributed by atoms with Crippen molar-refractivity contribution in [3.8, 4) is 0 Å². The molecule has 0 saturated carbocycles. The van der Waals surface area contributed by atoms with E-state index >= 15 is 0 Å². The Morgan fingerprint density at radius 1 is 1.50 bits per heavy atom. The summed E-state index contributed by atoms with van der Waals surface area (Å²) in [6, 6.07) is 0. The summed E-state index contributed by atoms with van der Waals surface area (Å²) in [6.07, 6.45) is -4.88. The van der Waals surface area contributed by atoms with Gasteiger partial charge in [0.1, 0.15) is 12.6 Å². The molecule has 1 saturated heterocycles. The fraction of sp³-hybridized carbons (Fsp3) is 0.917. The van der Waals surface area contributed by atoms with Crippen LogP contribution >= 0.6 is 0 Å². The Labute approximate surface area is 116 Å². The maximum absolute atomic E-state index is 12.5. The second-order valence-corrected chi connectivity index (χ2v) is 4.49. The maximum atomic E-state index is 12.5. The maximum Gasteiger partial charge on any atom is 0.406 e. The number of nitrogens with zero attached hydrogens (tertiary/aromatic N) is 1. The number of alkyl halides is 3. The summed E-state index contributed by atoms with van der Waals surface area (Å²) in [7, 11) is 0. The standard InChI is InChI=1S/C12H21F3N2O3/c1-2-19-6-3-5-17(9-12(13,14)15)11(18)10-8-16-4-7-20-10/h10,16H,2-9H2,1H3. The topological polar surface area (TPSA) is 50.8 Å². The van der Waals surface area contributed by atoms with Crippen LogP contribution in [0.5, 0.6) is 0 Å². The lowest BCUT2D eigenvalue weighted by Gasteiger charge is -2.30. The predicted molar refractivity (Wildman–Crippen MR) is 66.4 cm³/mol. The molecular weight excluding hydrogens is 277 g/mol. The first-order chi connectivity index (χ1) is 9.44. The number of rotatable bonds is 7. The Morgan fingerprint density at radius 2 is 2.25 bits per heavy atom. The highest BCUT2D eigenvalue weighted by Crippen LogP contribution is 2.18. The second-order valence-electron chi connectivity index (χ2n) is 4.49. The lowest BCUT2D eigenvalue weighted by Crippen LogP contribution is -2.51. The minimum absolute atomic E-state index is 0.0121. The summed E-state index contributed by atoms with van der Waals surface area (Å²) >= 11 is 0. The van der Waals surface area contributed by atoms with E-state index in [2.05, 4.69) is 5.32 Å². The molecule has 1 atom stereocenters. The van der Waals surface area contributed by atoms with Gasteiger partial charge in [-0.05, 0) is 13.3 Å². The third kappa shape index (κ3) is 6.53. The highest BCUT2D eigenvalue weighted by atomic mass is 19.4. The molecule has 1 aliphatic rings. The van der Waals surface area contributed by atoms with E-state index in [0.717, 1.165) is 4.90 Å². The lowest BCUT2D eigenvalue weighted by atomic mass is 10.2. The van der Waals surface area contributed by atoms with Crippen molar-refractivity contribution in [1.82, 2.24) is 10.2 Å². The number of nitrogens with one attached hydrogen (secondary N) is 1. The van der Waals surface area contributed by atoms with Crippen LogP contribution in [-0.2, 0) is 14.3 Å². The molecule has 0 aromatic rings. The van der Waals surface area contributed by atoms with Crippen molar-refractivity contribution in [3.05, 3.63) is 0 Å². The van der Waals surface area contributed by atoms with E-state index in [1.807, 2.05) is 0 Å². The van der Waals surface area contributed by atoms with Gasteiger partial charge in [0.15, 0.2) is 0 Å². The molecule has 20 heavy (non-hydrogen) atoms. The Kier molecular flexibility index (Phi) is 7.25. The summed E-state index contributed by atoms with van der Waals surface area (Å²) < 4.78 is 47.9. The first kappa shape index (κ1) is 17.2. The molecule has 8 heteroatoms. The molecule has 0 aromatic carbocycles. The van der Waals surface area contributed by atoms with E-state index in [1.165, 1.54) is 0 Å². The van der Waals surface area contributed by atoms with Gasteiger partial charge in [-0.25, -0.2) is 0 Å². The van der Waals surface area contributed by atoms with E-state index < -0.39 is 24.7 Å². The lowest BCUT2D eigenvalue weighted by molar-refractivity contribution is -0.169. The zero-order valence-corrected chi connectivity index (χ0v) is 11.5. The van der Waals surface area contributed by atoms with Gasteiger partial charge < -0.3 is 19.7 Å². The molecule has 1 heterocycles. The number of hydrogen-bond donors (Lipinski definition) is 1. The van der Waals surface area contributed by atoms with Crippen molar-refractivity contribution >= 4 is 5.91 Å². The van der Waals surface area contributed by atoms with E-state index in [-0.39, 0.29) is 13.1 Å². The number of morpholine rings is 1. The van der Waals surface area contributed by atoms with Gasteiger partial charge in [0, 0.05) is 32.8 Å². The number of amides is 1. The van der Waals surface area contributed by atoms with Crippen molar-refractivity contribution in [3.63, 3.8) is 0 Å². The van der Waals surface area contributed by atoms with E-state index in [4.69, 9.17) is 9.47 Å². The van der Waals surface area contributed by atoms with Crippen LogP contribution in [0.3, 0.4) is 0 Å². The smallest absolute Gasteiger partial charge is 0.382 e. The Morgan fingerprint density at radius 3 is 2.80 bits per heavy atom. The molecule has 1 fully saturated rings. The molecule has 0 radical (unpaired) electrons. The summed E-state index contributed by atoms with van der Waals surface area (Å²) in [4.78, 5) is 12.9. The van der Waals surface area contributed by atoms with Crippen LogP contribution in [0.15, 0.2) is 0 Å². The third-order valence-electron chi connectivity index (χ3n) is 2.81. The predicted octanol–water partition coefficient (Wildman–Crippen LogP) is 0.792. The third-order valence-corrected chi connectivity index (χ3v) is 2.81. The zero-order chi connectivity index (χ0) is 15.0. The quantitative estimate of drug-likeness (QED) is 0.706. The van der Waals surface area contributed by atoms with Crippen LogP contribution < -0.4 is 5.32 Å². The molecule has 1 N–H and O–H groups in total. The van der Waals surface area contributed by atoms with Crippen LogP contribution in [0.4, 0.5) is 13.2 Å². The van der Waals surface area contributed by atoms with Crippen molar-refractivity contribution in [1.29, 1.82) is 0 Å². The molecule has 1 amide bonds. The molecule has 0 bridgehead atoms. The average molecular weight is 298 g/mol. The van der Waals surface area contributed by atoms with Gasteiger partial charge in [0.2, 0.25) is 0 Å². The fourth-order valence-corrected chi connectivity index (χ4v) is 1.91. The van der Waals surface area contributed by atoms with E-state index in [9.17, 15) is 18.0 Å².